The van der Waals surface area contributed by atoms with Gasteiger partial charge in [-0.05, 0) is 40.8 Å². The largest absolute Gasteiger partial charge is 0.336 e. The number of imidazole rings is 1. The van der Waals surface area contributed by atoms with Crippen molar-refractivity contribution in [3.05, 3.63) is 38.7 Å². The van der Waals surface area contributed by atoms with E-state index in [2.05, 4.69) is 32.6 Å². The lowest BCUT2D eigenvalue weighted by atomic mass is 10.2. The van der Waals surface area contributed by atoms with E-state index in [9.17, 15) is 4.79 Å². The number of halogens is 2. The minimum Gasteiger partial charge on any atom is -0.336 e. The average Bonchev–Trinajstić information content (AvgIpc) is 2.70. The van der Waals surface area contributed by atoms with Crippen molar-refractivity contribution in [3.63, 3.8) is 0 Å². The number of hydrogen-bond donors (Lipinski definition) is 1. The van der Waals surface area contributed by atoms with Crippen LogP contribution in [0.15, 0.2) is 24.4 Å². The minimum atomic E-state index is 0.444. The molecule has 0 aliphatic rings. The van der Waals surface area contributed by atoms with Gasteiger partial charge in [0.15, 0.2) is 6.29 Å². The first-order valence-electron chi connectivity index (χ1n) is 4.16. The number of carbonyl (C=O) groups excluding carboxylic acids is 1. The summed E-state index contributed by atoms with van der Waals surface area (Å²) in [6.45, 7) is 0. The molecule has 1 N–H and O–H groups in total. The fraction of sp³-hybridized carbons (Fsp3) is 0. The topological polar surface area (TPSA) is 45.8 Å². The molecular weight excluding hydrogens is 326 g/mol. The lowest BCUT2D eigenvalue weighted by molar-refractivity contribution is 0.111. The molecule has 15 heavy (non-hydrogen) atoms. The van der Waals surface area contributed by atoms with Crippen molar-refractivity contribution < 1.29 is 4.79 Å². The molecule has 0 spiro atoms. The van der Waals surface area contributed by atoms with E-state index in [1.54, 1.807) is 0 Å². The Morgan fingerprint density at radius 3 is 2.93 bits per heavy atom. The summed E-state index contributed by atoms with van der Waals surface area (Å²) in [5, 5.41) is 0.613. The highest BCUT2D eigenvalue weighted by Gasteiger charge is 2.07. The zero-order valence-corrected chi connectivity index (χ0v) is 10.4. The Bertz CT molecular complexity index is 510. The van der Waals surface area contributed by atoms with E-state index in [-0.39, 0.29) is 0 Å². The highest BCUT2D eigenvalue weighted by atomic mass is 127. The smallest absolute Gasteiger partial charge is 0.167 e. The maximum Gasteiger partial charge on any atom is 0.167 e. The van der Waals surface area contributed by atoms with E-state index in [1.807, 2.05) is 18.2 Å². The molecule has 1 aromatic heterocycles. The van der Waals surface area contributed by atoms with Crippen LogP contribution in [-0.4, -0.2) is 16.3 Å². The lowest BCUT2D eigenvalue weighted by Gasteiger charge is -2.00. The van der Waals surface area contributed by atoms with Gasteiger partial charge in [0.05, 0.1) is 16.9 Å². The first kappa shape index (κ1) is 10.6. The van der Waals surface area contributed by atoms with E-state index in [1.165, 1.54) is 6.20 Å². The van der Waals surface area contributed by atoms with Crippen LogP contribution in [0.25, 0.3) is 11.4 Å². The van der Waals surface area contributed by atoms with Gasteiger partial charge in [0.2, 0.25) is 0 Å². The van der Waals surface area contributed by atoms with Gasteiger partial charge in [-0.1, -0.05) is 11.6 Å². The summed E-state index contributed by atoms with van der Waals surface area (Å²) in [5.41, 5.74) is 1.25. The molecular formula is C10H6ClIN2O. The van der Waals surface area contributed by atoms with E-state index in [0.29, 0.717) is 16.5 Å². The normalized spacial score (nSPS) is 10.3. The molecule has 5 heteroatoms. The lowest BCUT2D eigenvalue weighted by Crippen LogP contribution is -1.84. The molecule has 0 saturated heterocycles. The number of carbonyl (C=O) groups is 1. The van der Waals surface area contributed by atoms with Crippen LogP contribution in [0.1, 0.15) is 10.5 Å². The van der Waals surface area contributed by atoms with E-state index >= 15 is 0 Å². The van der Waals surface area contributed by atoms with Crippen molar-refractivity contribution in [2.45, 2.75) is 0 Å². The molecule has 0 bridgehead atoms. The standard InChI is InChI=1S/C10H6ClIN2O/c11-9-2-1-6(12)3-8(9)10-13-4-7(5-15)14-10/h1-5H,(H,13,14). The Morgan fingerprint density at radius 1 is 1.47 bits per heavy atom. The third kappa shape index (κ3) is 2.21. The van der Waals surface area contributed by atoms with E-state index < -0.39 is 0 Å². The van der Waals surface area contributed by atoms with Crippen molar-refractivity contribution in [1.82, 2.24) is 9.97 Å². The first-order valence-corrected chi connectivity index (χ1v) is 5.62. The average molecular weight is 333 g/mol. The molecule has 0 fully saturated rings. The summed E-state index contributed by atoms with van der Waals surface area (Å²) < 4.78 is 1.07. The summed E-state index contributed by atoms with van der Waals surface area (Å²) in [6.07, 6.45) is 2.21. The Morgan fingerprint density at radius 2 is 2.27 bits per heavy atom. The van der Waals surface area contributed by atoms with Crippen LogP contribution in [0.3, 0.4) is 0 Å². The maximum atomic E-state index is 10.5. The first-order chi connectivity index (χ1) is 7.20. The molecule has 2 rings (SSSR count). The molecule has 3 nitrogen and oxygen atoms in total. The van der Waals surface area contributed by atoms with Gasteiger partial charge < -0.3 is 4.98 Å². The van der Waals surface area contributed by atoms with Gasteiger partial charge in [0.25, 0.3) is 0 Å². The number of aldehydes is 1. The minimum absolute atomic E-state index is 0.444. The van der Waals surface area contributed by atoms with Gasteiger partial charge >= 0.3 is 0 Å². The zero-order valence-electron chi connectivity index (χ0n) is 7.50. The predicted octanol–water partition coefficient (Wildman–Crippen LogP) is 3.15. The van der Waals surface area contributed by atoms with Crippen LogP contribution in [0, 0.1) is 3.57 Å². The molecule has 0 aliphatic heterocycles. The summed E-state index contributed by atoms with van der Waals surface area (Å²) >= 11 is 8.23. The molecule has 2 aromatic rings. The fourth-order valence-electron chi connectivity index (χ4n) is 1.21. The molecule has 0 aliphatic carbocycles. The molecule has 0 amide bonds. The van der Waals surface area contributed by atoms with Crippen molar-refractivity contribution in [2.24, 2.45) is 0 Å². The Kier molecular flexibility index (Phi) is 3.06. The van der Waals surface area contributed by atoms with Crippen molar-refractivity contribution in [2.75, 3.05) is 0 Å². The van der Waals surface area contributed by atoms with Gasteiger partial charge in [-0.3, -0.25) is 4.79 Å². The quantitative estimate of drug-likeness (QED) is 0.678. The SMILES string of the molecule is O=Cc1cnc(-c2cc(I)ccc2Cl)[nH]1. The van der Waals surface area contributed by atoms with Gasteiger partial charge in [0, 0.05) is 9.13 Å². The summed E-state index contributed by atoms with van der Waals surface area (Å²) in [7, 11) is 0. The van der Waals surface area contributed by atoms with Gasteiger partial charge in [0.1, 0.15) is 5.82 Å². The van der Waals surface area contributed by atoms with E-state index in [0.717, 1.165) is 15.4 Å². The third-order valence-corrected chi connectivity index (χ3v) is 2.91. The molecule has 1 heterocycles. The Labute approximate surface area is 105 Å². The summed E-state index contributed by atoms with van der Waals surface area (Å²) in [6, 6.07) is 5.63. The van der Waals surface area contributed by atoms with Gasteiger partial charge in [-0.15, -0.1) is 0 Å². The number of nitrogens with zero attached hydrogens (tertiary/aromatic N) is 1. The number of rotatable bonds is 2. The third-order valence-electron chi connectivity index (χ3n) is 1.91. The number of nitrogens with one attached hydrogen (secondary N) is 1. The van der Waals surface area contributed by atoms with Crippen LogP contribution < -0.4 is 0 Å². The highest BCUT2D eigenvalue weighted by Crippen LogP contribution is 2.27. The van der Waals surface area contributed by atoms with Crippen LogP contribution in [-0.2, 0) is 0 Å². The molecule has 0 radical (unpaired) electrons. The summed E-state index contributed by atoms with van der Waals surface area (Å²) in [5.74, 6) is 0.612. The Hall–Kier alpha value is -0.880. The second kappa shape index (κ2) is 4.32. The molecule has 76 valence electrons. The van der Waals surface area contributed by atoms with Crippen LogP contribution in [0.2, 0.25) is 5.02 Å². The number of aromatic amines is 1. The van der Waals surface area contributed by atoms with Crippen LogP contribution in [0.5, 0.6) is 0 Å². The zero-order chi connectivity index (χ0) is 10.8. The monoisotopic (exact) mass is 332 g/mol. The molecule has 0 unspecified atom stereocenters. The number of aromatic nitrogens is 2. The van der Waals surface area contributed by atoms with Crippen molar-refractivity contribution in [1.29, 1.82) is 0 Å². The van der Waals surface area contributed by atoms with Crippen molar-refractivity contribution >= 4 is 40.5 Å². The highest BCUT2D eigenvalue weighted by molar-refractivity contribution is 14.1. The van der Waals surface area contributed by atoms with Gasteiger partial charge in [-0.2, -0.15) is 0 Å². The maximum absolute atomic E-state index is 10.5. The fourth-order valence-corrected chi connectivity index (χ4v) is 1.91. The van der Waals surface area contributed by atoms with E-state index in [4.69, 9.17) is 11.6 Å². The Balaban J connectivity index is 2.52. The second-order valence-corrected chi connectivity index (χ2v) is 4.58. The number of hydrogen-bond acceptors (Lipinski definition) is 2. The van der Waals surface area contributed by atoms with Crippen LogP contribution in [0.4, 0.5) is 0 Å². The molecule has 0 saturated carbocycles. The number of benzene rings is 1. The number of H-pyrrole nitrogens is 1. The van der Waals surface area contributed by atoms with Gasteiger partial charge in [-0.25, -0.2) is 4.98 Å². The van der Waals surface area contributed by atoms with Crippen LogP contribution >= 0.6 is 34.2 Å². The molecule has 0 atom stereocenters. The van der Waals surface area contributed by atoms with Crippen molar-refractivity contribution in [3.8, 4) is 11.4 Å². The predicted molar refractivity (Wildman–Crippen MR) is 67.1 cm³/mol. The molecule has 1 aromatic carbocycles. The second-order valence-electron chi connectivity index (χ2n) is 2.93. The summed E-state index contributed by atoms with van der Waals surface area (Å²) in [4.78, 5) is 17.5.